The van der Waals surface area contributed by atoms with E-state index in [1.807, 2.05) is 6.92 Å². The van der Waals surface area contributed by atoms with Crippen molar-refractivity contribution in [3.05, 3.63) is 24.1 Å². The van der Waals surface area contributed by atoms with E-state index in [0.29, 0.717) is 19.8 Å². The molecule has 23 heavy (non-hydrogen) atoms. The van der Waals surface area contributed by atoms with Crippen LogP contribution in [0.2, 0.25) is 0 Å². The fourth-order valence-corrected chi connectivity index (χ4v) is 3.21. The Hall–Kier alpha value is -1.73. The van der Waals surface area contributed by atoms with Gasteiger partial charge >= 0.3 is 0 Å². The topological polar surface area (TPSA) is 60.9 Å². The number of ether oxygens (including phenoxy) is 3. The van der Waals surface area contributed by atoms with E-state index in [-0.39, 0.29) is 30.5 Å². The molecule has 2 fully saturated rings. The van der Waals surface area contributed by atoms with Gasteiger partial charge in [0.2, 0.25) is 5.91 Å². The van der Waals surface area contributed by atoms with Crippen molar-refractivity contribution >= 4 is 5.91 Å². The highest BCUT2D eigenvalue weighted by Gasteiger charge is 2.45. The van der Waals surface area contributed by atoms with Gasteiger partial charge in [0.25, 0.3) is 5.88 Å². The third kappa shape index (κ3) is 3.45. The summed E-state index contributed by atoms with van der Waals surface area (Å²) in [5.41, 5.74) is 0. The third-order valence-electron chi connectivity index (χ3n) is 4.28. The van der Waals surface area contributed by atoms with E-state index in [1.165, 1.54) is 18.3 Å². The Labute approximate surface area is 134 Å². The standard InChI is InChI=1S/C16H21FN2O4/c1-2-21-10-14(20)19-8-9-22-13-6-5-12(19)15(13)23-16-11(17)4-3-7-18-16/h3-4,7,12-13,15H,2,5-6,8-10H2,1H3/t12-,13-,15+/m0/s1. The smallest absolute Gasteiger partial charge is 0.250 e. The zero-order chi connectivity index (χ0) is 16.2. The van der Waals surface area contributed by atoms with Crippen LogP contribution in [0.5, 0.6) is 5.88 Å². The molecule has 1 amide bonds. The molecular weight excluding hydrogens is 303 g/mol. The maximum atomic E-state index is 13.8. The van der Waals surface area contributed by atoms with Gasteiger partial charge < -0.3 is 19.1 Å². The molecule has 126 valence electrons. The second-order valence-electron chi connectivity index (χ2n) is 5.65. The van der Waals surface area contributed by atoms with Crippen LogP contribution >= 0.6 is 0 Å². The van der Waals surface area contributed by atoms with E-state index >= 15 is 0 Å². The molecule has 1 saturated carbocycles. The van der Waals surface area contributed by atoms with Crippen molar-refractivity contribution < 1.29 is 23.4 Å². The van der Waals surface area contributed by atoms with E-state index in [4.69, 9.17) is 14.2 Å². The number of carbonyl (C=O) groups is 1. The number of hydrogen-bond donors (Lipinski definition) is 0. The molecule has 6 nitrogen and oxygen atoms in total. The number of halogens is 1. The minimum Gasteiger partial charge on any atom is -0.467 e. The average molecular weight is 324 g/mol. The van der Waals surface area contributed by atoms with Crippen LogP contribution in [0.15, 0.2) is 18.3 Å². The summed E-state index contributed by atoms with van der Waals surface area (Å²) in [6.07, 6.45) is 2.47. The minimum atomic E-state index is -0.511. The maximum absolute atomic E-state index is 13.8. The summed E-state index contributed by atoms with van der Waals surface area (Å²) in [7, 11) is 0. The van der Waals surface area contributed by atoms with Gasteiger partial charge in [-0.05, 0) is 31.9 Å². The van der Waals surface area contributed by atoms with Crippen LogP contribution in [-0.4, -0.2) is 60.4 Å². The normalized spacial score (nSPS) is 26.9. The Morgan fingerprint density at radius 2 is 2.39 bits per heavy atom. The number of carbonyl (C=O) groups excluding carboxylic acids is 1. The highest BCUT2D eigenvalue weighted by atomic mass is 19.1. The molecule has 2 heterocycles. The lowest BCUT2D eigenvalue weighted by molar-refractivity contribution is -0.139. The molecule has 1 saturated heterocycles. The summed E-state index contributed by atoms with van der Waals surface area (Å²) in [6.45, 7) is 3.33. The van der Waals surface area contributed by atoms with E-state index in [2.05, 4.69) is 4.98 Å². The zero-order valence-corrected chi connectivity index (χ0v) is 13.1. The molecule has 0 unspecified atom stereocenters. The van der Waals surface area contributed by atoms with Crippen LogP contribution in [0, 0.1) is 5.82 Å². The summed E-state index contributed by atoms with van der Waals surface area (Å²) in [5, 5.41) is 0. The minimum absolute atomic E-state index is 0.0440. The third-order valence-corrected chi connectivity index (χ3v) is 4.28. The zero-order valence-electron chi connectivity index (χ0n) is 13.1. The van der Waals surface area contributed by atoms with Crippen molar-refractivity contribution in [1.29, 1.82) is 0 Å². The number of rotatable bonds is 5. The number of amides is 1. The van der Waals surface area contributed by atoms with Crippen molar-refractivity contribution in [1.82, 2.24) is 9.88 Å². The molecule has 1 aromatic heterocycles. The number of aromatic nitrogens is 1. The summed E-state index contributed by atoms with van der Waals surface area (Å²) >= 11 is 0. The first-order chi connectivity index (χ1) is 11.2. The predicted octanol–water partition coefficient (Wildman–Crippen LogP) is 1.39. The number of pyridine rings is 1. The van der Waals surface area contributed by atoms with Gasteiger partial charge in [-0.3, -0.25) is 4.79 Å². The molecule has 0 N–H and O–H groups in total. The molecule has 0 aromatic carbocycles. The first-order valence-corrected chi connectivity index (χ1v) is 7.96. The lowest BCUT2D eigenvalue weighted by Crippen LogP contribution is -2.49. The first-order valence-electron chi connectivity index (χ1n) is 7.96. The van der Waals surface area contributed by atoms with Crippen molar-refractivity contribution in [2.45, 2.75) is 38.0 Å². The van der Waals surface area contributed by atoms with Crippen LogP contribution in [0.25, 0.3) is 0 Å². The fourth-order valence-electron chi connectivity index (χ4n) is 3.21. The van der Waals surface area contributed by atoms with Gasteiger partial charge in [0.1, 0.15) is 12.7 Å². The van der Waals surface area contributed by atoms with Crippen molar-refractivity contribution in [2.75, 3.05) is 26.4 Å². The van der Waals surface area contributed by atoms with Gasteiger partial charge in [-0.2, -0.15) is 0 Å². The SMILES string of the molecule is CCOCC(=O)N1CCO[C@H]2CC[C@H]1[C@H]2Oc1ncccc1F. The molecule has 1 aromatic rings. The molecule has 2 bridgehead atoms. The van der Waals surface area contributed by atoms with Gasteiger partial charge in [-0.15, -0.1) is 0 Å². The van der Waals surface area contributed by atoms with Crippen LogP contribution in [-0.2, 0) is 14.3 Å². The van der Waals surface area contributed by atoms with E-state index in [0.717, 1.165) is 12.8 Å². The van der Waals surface area contributed by atoms with E-state index < -0.39 is 11.9 Å². The van der Waals surface area contributed by atoms with Crippen LogP contribution in [0.3, 0.4) is 0 Å². The van der Waals surface area contributed by atoms with Gasteiger partial charge in [0.05, 0.1) is 18.8 Å². The number of nitrogens with zero attached hydrogens (tertiary/aromatic N) is 2. The summed E-state index contributed by atoms with van der Waals surface area (Å²) in [4.78, 5) is 18.0. The van der Waals surface area contributed by atoms with Gasteiger partial charge in [-0.1, -0.05) is 0 Å². The second kappa shape index (κ2) is 7.23. The Bertz CT molecular complexity index is 557. The van der Waals surface area contributed by atoms with Crippen molar-refractivity contribution in [2.24, 2.45) is 0 Å². The van der Waals surface area contributed by atoms with Gasteiger partial charge in [0, 0.05) is 19.3 Å². The molecule has 1 aliphatic carbocycles. The number of fused-ring (bicyclic) bond motifs is 2. The Morgan fingerprint density at radius 3 is 3.17 bits per heavy atom. The molecule has 7 heteroatoms. The molecule has 2 aliphatic rings. The van der Waals surface area contributed by atoms with E-state index in [9.17, 15) is 9.18 Å². The molecule has 3 atom stereocenters. The molecule has 0 spiro atoms. The Morgan fingerprint density at radius 1 is 1.52 bits per heavy atom. The van der Waals surface area contributed by atoms with Crippen molar-refractivity contribution in [3.8, 4) is 5.88 Å². The summed E-state index contributed by atoms with van der Waals surface area (Å²) in [5.74, 6) is -0.640. The highest BCUT2D eigenvalue weighted by Crippen LogP contribution is 2.33. The number of hydrogen-bond acceptors (Lipinski definition) is 5. The monoisotopic (exact) mass is 324 g/mol. The maximum Gasteiger partial charge on any atom is 0.250 e. The molecular formula is C16H21FN2O4. The largest absolute Gasteiger partial charge is 0.467 e. The summed E-state index contributed by atoms with van der Waals surface area (Å²) < 4.78 is 30.6. The van der Waals surface area contributed by atoms with Crippen molar-refractivity contribution in [3.63, 3.8) is 0 Å². The second-order valence-corrected chi connectivity index (χ2v) is 5.65. The first kappa shape index (κ1) is 16.1. The lowest BCUT2D eigenvalue weighted by atomic mass is 10.1. The molecule has 0 radical (unpaired) electrons. The quantitative estimate of drug-likeness (QED) is 0.819. The predicted molar refractivity (Wildman–Crippen MR) is 79.6 cm³/mol. The highest BCUT2D eigenvalue weighted by molar-refractivity contribution is 5.78. The van der Waals surface area contributed by atoms with E-state index in [1.54, 1.807) is 4.90 Å². The Balaban J connectivity index is 1.76. The van der Waals surface area contributed by atoms with Crippen LogP contribution in [0.1, 0.15) is 19.8 Å². The average Bonchev–Trinajstić information content (AvgIpc) is 2.83. The molecule has 3 rings (SSSR count). The van der Waals surface area contributed by atoms with Gasteiger partial charge in [0.15, 0.2) is 5.82 Å². The van der Waals surface area contributed by atoms with Gasteiger partial charge in [-0.25, -0.2) is 9.37 Å². The summed E-state index contributed by atoms with van der Waals surface area (Å²) in [6, 6.07) is 2.68. The Kier molecular flexibility index (Phi) is 5.07. The fraction of sp³-hybridized carbons (Fsp3) is 0.625. The van der Waals surface area contributed by atoms with Crippen LogP contribution in [0.4, 0.5) is 4.39 Å². The molecule has 1 aliphatic heterocycles. The lowest BCUT2D eigenvalue weighted by Gasteiger charge is -2.31. The van der Waals surface area contributed by atoms with Crippen LogP contribution < -0.4 is 4.74 Å².